The third kappa shape index (κ3) is 3.03. The van der Waals surface area contributed by atoms with Crippen LogP contribution in [0.4, 0.5) is 0 Å². The highest BCUT2D eigenvalue weighted by atomic mass is 79.9. The Balaban J connectivity index is 1.99. The molecule has 2 aliphatic carbocycles. The van der Waals surface area contributed by atoms with Gasteiger partial charge in [-0.25, -0.2) is 0 Å². The van der Waals surface area contributed by atoms with E-state index in [0.29, 0.717) is 6.10 Å². The summed E-state index contributed by atoms with van der Waals surface area (Å²) in [4.78, 5) is 4.87. The number of methoxy groups -OCH3 is 1. The predicted octanol–water partition coefficient (Wildman–Crippen LogP) is 3.56. The second kappa shape index (κ2) is 6.68. The van der Waals surface area contributed by atoms with Gasteiger partial charge in [0.25, 0.3) is 0 Å². The molecule has 3 nitrogen and oxygen atoms in total. The van der Waals surface area contributed by atoms with Crippen molar-refractivity contribution in [2.75, 3.05) is 13.7 Å². The van der Waals surface area contributed by atoms with Crippen molar-refractivity contribution in [3.63, 3.8) is 0 Å². The van der Waals surface area contributed by atoms with Gasteiger partial charge < -0.3 is 9.84 Å². The molecule has 1 spiro atoms. The summed E-state index contributed by atoms with van der Waals surface area (Å²) in [5.41, 5.74) is 3.95. The van der Waals surface area contributed by atoms with E-state index in [1.165, 1.54) is 16.8 Å². The van der Waals surface area contributed by atoms with Gasteiger partial charge in [-0.3, -0.25) is 4.99 Å². The molecule has 1 unspecified atom stereocenters. The van der Waals surface area contributed by atoms with Crippen molar-refractivity contribution >= 4 is 30.9 Å². The number of rotatable bonds is 3. The molecule has 1 N–H and O–H groups in total. The van der Waals surface area contributed by atoms with E-state index in [1.807, 2.05) is 7.11 Å². The summed E-state index contributed by atoms with van der Waals surface area (Å²) in [5, 5.41) is 9.41. The molecule has 5 heteroatoms. The normalized spacial score (nSPS) is 30.7. The van der Waals surface area contributed by atoms with Crippen molar-refractivity contribution in [2.45, 2.75) is 44.0 Å². The number of aliphatic imine (C=N–C) groups is 1. The largest absolute Gasteiger partial charge is 0.394 e. The van der Waals surface area contributed by atoms with Crippen molar-refractivity contribution in [3.8, 4) is 0 Å². The van der Waals surface area contributed by atoms with E-state index in [0.717, 1.165) is 36.6 Å². The summed E-state index contributed by atoms with van der Waals surface area (Å²) < 4.78 is 6.62. The van der Waals surface area contributed by atoms with Crippen LogP contribution >= 0.6 is 25.2 Å². The molecule has 3 rings (SSSR count). The molecule has 1 aromatic carbocycles. The van der Waals surface area contributed by atoms with Crippen LogP contribution in [0.5, 0.6) is 0 Å². The SMILES string of the molecule is COC1CCC2(CC1)Cc1ccc(Br)cc1/C2=N\[C@@H](P)CO. The van der Waals surface area contributed by atoms with E-state index in [4.69, 9.17) is 9.73 Å². The smallest absolute Gasteiger partial charge is 0.0868 e. The number of hydrogen-bond acceptors (Lipinski definition) is 3. The summed E-state index contributed by atoms with van der Waals surface area (Å²) in [6.07, 6.45) is 5.84. The second-order valence-electron chi connectivity index (χ2n) is 6.42. The number of benzene rings is 1. The number of aliphatic hydroxyl groups is 1. The van der Waals surface area contributed by atoms with Crippen LogP contribution in [0.15, 0.2) is 27.7 Å². The lowest BCUT2D eigenvalue weighted by Gasteiger charge is -2.37. The van der Waals surface area contributed by atoms with Gasteiger partial charge in [0.05, 0.1) is 18.5 Å². The molecule has 0 aromatic heterocycles. The minimum Gasteiger partial charge on any atom is -0.394 e. The van der Waals surface area contributed by atoms with Crippen molar-refractivity contribution in [2.24, 2.45) is 10.4 Å². The zero-order chi connectivity index (χ0) is 15.7. The predicted molar refractivity (Wildman–Crippen MR) is 96.7 cm³/mol. The van der Waals surface area contributed by atoms with E-state index in [2.05, 4.69) is 43.4 Å². The molecule has 0 aliphatic heterocycles. The topological polar surface area (TPSA) is 41.8 Å². The lowest BCUT2D eigenvalue weighted by molar-refractivity contribution is 0.0467. The van der Waals surface area contributed by atoms with Gasteiger partial charge in [-0.15, -0.1) is 9.24 Å². The molecular weight excluding hydrogens is 361 g/mol. The minimum atomic E-state index is -0.128. The van der Waals surface area contributed by atoms with E-state index in [1.54, 1.807) is 0 Å². The van der Waals surface area contributed by atoms with Gasteiger partial charge in [0, 0.05) is 28.3 Å². The number of halogens is 1. The van der Waals surface area contributed by atoms with Crippen LogP contribution in [0.25, 0.3) is 0 Å². The molecule has 0 heterocycles. The van der Waals surface area contributed by atoms with Gasteiger partial charge >= 0.3 is 0 Å². The number of aliphatic hydroxyl groups excluding tert-OH is 1. The van der Waals surface area contributed by atoms with Crippen LogP contribution in [0.2, 0.25) is 0 Å². The van der Waals surface area contributed by atoms with E-state index >= 15 is 0 Å². The molecule has 0 saturated heterocycles. The number of ether oxygens (including phenoxy) is 1. The van der Waals surface area contributed by atoms with Gasteiger partial charge in [-0.2, -0.15) is 0 Å². The summed E-state index contributed by atoms with van der Waals surface area (Å²) in [5.74, 6) is -0.128. The van der Waals surface area contributed by atoms with Gasteiger partial charge in [0.1, 0.15) is 0 Å². The molecule has 0 amide bonds. The van der Waals surface area contributed by atoms with E-state index in [9.17, 15) is 5.11 Å². The molecule has 1 aromatic rings. The first kappa shape index (κ1) is 16.6. The number of fused-ring (bicyclic) bond motifs is 1. The van der Waals surface area contributed by atoms with E-state index in [-0.39, 0.29) is 17.8 Å². The molecule has 0 radical (unpaired) electrons. The van der Waals surface area contributed by atoms with Crippen LogP contribution in [0.1, 0.15) is 36.8 Å². The summed E-state index contributed by atoms with van der Waals surface area (Å²) >= 11 is 3.58. The van der Waals surface area contributed by atoms with Crippen LogP contribution in [0, 0.1) is 5.41 Å². The molecule has 120 valence electrons. The van der Waals surface area contributed by atoms with Crippen molar-refractivity contribution in [1.29, 1.82) is 0 Å². The third-order valence-corrected chi connectivity index (χ3v) is 5.92. The highest BCUT2D eigenvalue weighted by molar-refractivity contribution is 9.10. The van der Waals surface area contributed by atoms with Gasteiger partial charge in [-0.05, 0) is 49.8 Å². The summed E-state index contributed by atoms with van der Waals surface area (Å²) in [6, 6.07) is 6.50. The fourth-order valence-corrected chi connectivity index (χ4v) is 4.37. The van der Waals surface area contributed by atoms with Gasteiger partial charge in [0.2, 0.25) is 0 Å². The Morgan fingerprint density at radius 2 is 2.18 bits per heavy atom. The molecule has 0 bridgehead atoms. The molecule has 2 atom stereocenters. The van der Waals surface area contributed by atoms with Crippen LogP contribution in [0.3, 0.4) is 0 Å². The van der Waals surface area contributed by atoms with E-state index < -0.39 is 0 Å². The zero-order valence-electron chi connectivity index (χ0n) is 12.9. The molecule has 1 fully saturated rings. The highest BCUT2D eigenvalue weighted by Gasteiger charge is 2.45. The third-order valence-electron chi connectivity index (χ3n) is 5.06. The average Bonchev–Trinajstić information content (AvgIpc) is 2.81. The summed E-state index contributed by atoms with van der Waals surface area (Å²) in [7, 11) is 4.45. The zero-order valence-corrected chi connectivity index (χ0v) is 15.6. The fraction of sp³-hybridized carbons (Fsp3) is 0.588. The second-order valence-corrected chi connectivity index (χ2v) is 8.11. The van der Waals surface area contributed by atoms with Crippen molar-refractivity contribution in [3.05, 3.63) is 33.8 Å². The Morgan fingerprint density at radius 1 is 1.45 bits per heavy atom. The molecule has 1 saturated carbocycles. The number of hydrogen-bond donors (Lipinski definition) is 1. The monoisotopic (exact) mass is 383 g/mol. The van der Waals surface area contributed by atoms with Crippen molar-refractivity contribution < 1.29 is 9.84 Å². The van der Waals surface area contributed by atoms with Crippen LogP contribution in [-0.4, -0.2) is 36.4 Å². The van der Waals surface area contributed by atoms with Crippen LogP contribution < -0.4 is 0 Å². The van der Waals surface area contributed by atoms with Gasteiger partial charge in [0.15, 0.2) is 0 Å². The molecule has 22 heavy (non-hydrogen) atoms. The molecule has 2 aliphatic rings. The first-order valence-corrected chi connectivity index (χ1v) is 9.30. The average molecular weight is 384 g/mol. The quantitative estimate of drug-likeness (QED) is 0.810. The maximum Gasteiger partial charge on any atom is 0.0868 e. The first-order valence-electron chi connectivity index (χ1n) is 7.84. The Bertz CT molecular complexity index is 582. The minimum absolute atomic E-state index is 0.0638. The lowest BCUT2D eigenvalue weighted by Crippen LogP contribution is -2.36. The lowest BCUT2D eigenvalue weighted by atomic mass is 9.70. The fourth-order valence-electron chi connectivity index (χ4n) is 3.86. The summed E-state index contributed by atoms with van der Waals surface area (Å²) in [6.45, 7) is 0.0638. The Labute approximate surface area is 142 Å². The maximum atomic E-state index is 9.41. The van der Waals surface area contributed by atoms with Crippen molar-refractivity contribution in [1.82, 2.24) is 0 Å². The number of nitrogens with zero attached hydrogens (tertiary/aromatic N) is 1. The Morgan fingerprint density at radius 3 is 2.82 bits per heavy atom. The first-order chi connectivity index (χ1) is 10.6. The Kier molecular flexibility index (Phi) is 5.04. The molecular formula is C17H23BrNO2P. The Hall–Kier alpha value is -0.280. The highest BCUT2D eigenvalue weighted by Crippen LogP contribution is 2.48. The standard InChI is InChI=1S/C17H23BrNO2P/c1-21-13-4-6-17(7-5-13)9-11-2-3-12(18)8-14(11)16(17)19-15(22)10-20/h2-3,8,13,15,20H,4-7,9-10,22H2,1H3/b19-16+/t13?,15-,17?/m0/s1. The van der Waals surface area contributed by atoms with Gasteiger partial charge in [-0.1, -0.05) is 22.0 Å². The maximum absolute atomic E-state index is 9.41. The van der Waals surface area contributed by atoms with Crippen LogP contribution in [-0.2, 0) is 11.2 Å².